The predicted molar refractivity (Wildman–Crippen MR) is 69.2 cm³/mol. The minimum atomic E-state index is -0.366. The van der Waals surface area contributed by atoms with Gasteiger partial charge in [-0.05, 0) is 27.7 Å². The van der Waals surface area contributed by atoms with E-state index in [4.69, 9.17) is 5.73 Å². The fourth-order valence-corrected chi connectivity index (χ4v) is 2.12. The van der Waals surface area contributed by atoms with Gasteiger partial charge in [-0.2, -0.15) is 0 Å². The Labute approximate surface area is 106 Å². The molecule has 6 heteroatoms. The number of amides is 1. The molecule has 0 bridgehead atoms. The highest BCUT2D eigenvalue weighted by molar-refractivity contribution is 5.74. The molecule has 0 aromatic carbocycles. The molecular weight excluding hydrogens is 232 g/mol. The van der Waals surface area contributed by atoms with Gasteiger partial charge in [0.15, 0.2) is 0 Å². The van der Waals surface area contributed by atoms with Crippen LogP contribution in [0.1, 0.15) is 43.4 Å². The molecule has 1 aromatic rings. The lowest BCUT2D eigenvalue weighted by atomic mass is 10.1. The van der Waals surface area contributed by atoms with Gasteiger partial charge in [-0.3, -0.25) is 9.59 Å². The summed E-state index contributed by atoms with van der Waals surface area (Å²) in [6.07, 6.45) is 0.237. The van der Waals surface area contributed by atoms with Crippen LogP contribution in [0.3, 0.4) is 0 Å². The maximum atomic E-state index is 11.9. The molecule has 18 heavy (non-hydrogen) atoms. The SMILES string of the molecule is Cc1nc(C)c(C(C)NC(C)CC(N)=O)c(=O)[nH]1. The first-order valence-corrected chi connectivity index (χ1v) is 5.93. The molecule has 2 unspecified atom stereocenters. The minimum absolute atomic E-state index is 0.0856. The van der Waals surface area contributed by atoms with Gasteiger partial charge in [0.2, 0.25) is 5.91 Å². The van der Waals surface area contributed by atoms with Crippen LogP contribution in [0.15, 0.2) is 4.79 Å². The van der Waals surface area contributed by atoms with Crippen LogP contribution in [0.2, 0.25) is 0 Å². The fraction of sp³-hybridized carbons (Fsp3) is 0.583. The van der Waals surface area contributed by atoms with Crippen molar-refractivity contribution in [3.8, 4) is 0 Å². The number of carbonyl (C=O) groups is 1. The Balaban J connectivity index is 2.88. The first-order chi connectivity index (χ1) is 8.31. The van der Waals surface area contributed by atoms with Gasteiger partial charge in [-0.1, -0.05) is 0 Å². The number of primary amides is 1. The summed E-state index contributed by atoms with van der Waals surface area (Å²) >= 11 is 0. The number of nitrogens with two attached hydrogens (primary N) is 1. The summed E-state index contributed by atoms with van der Waals surface area (Å²) in [7, 11) is 0. The summed E-state index contributed by atoms with van der Waals surface area (Å²) in [5.41, 5.74) is 6.27. The van der Waals surface area contributed by atoms with Crippen LogP contribution in [0, 0.1) is 13.8 Å². The Hall–Kier alpha value is -1.69. The molecule has 1 amide bonds. The molecule has 0 saturated carbocycles. The topological polar surface area (TPSA) is 101 Å². The van der Waals surface area contributed by atoms with Gasteiger partial charge in [0.25, 0.3) is 5.56 Å². The van der Waals surface area contributed by atoms with Crippen molar-refractivity contribution in [3.05, 3.63) is 27.4 Å². The van der Waals surface area contributed by atoms with E-state index in [9.17, 15) is 9.59 Å². The number of nitrogens with one attached hydrogen (secondary N) is 2. The average Bonchev–Trinajstić information content (AvgIpc) is 2.12. The largest absolute Gasteiger partial charge is 0.370 e. The zero-order chi connectivity index (χ0) is 13.9. The second-order valence-corrected chi connectivity index (χ2v) is 4.61. The van der Waals surface area contributed by atoms with E-state index >= 15 is 0 Å². The molecule has 0 aliphatic carbocycles. The number of aromatic nitrogens is 2. The molecule has 1 heterocycles. The summed E-state index contributed by atoms with van der Waals surface area (Å²) in [5.74, 6) is 0.230. The third-order valence-electron chi connectivity index (χ3n) is 2.74. The van der Waals surface area contributed by atoms with Crippen LogP contribution in [0.25, 0.3) is 0 Å². The summed E-state index contributed by atoms with van der Waals surface area (Å²) in [5, 5.41) is 3.17. The molecule has 0 fully saturated rings. The zero-order valence-corrected chi connectivity index (χ0v) is 11.2. The molecule has 0 saturated heterocycles. The normalized spacial score (nSPS) is 14.2. The third-order valence-corrected chi connectivity index (χ3v) is 2.74. The Morgan fingerprint density at radius 2 is 2.06 bits per heavy atom. The lowest BCUT2D eigenvalue weighted by Gasteiger charge is -2.19. The smallest absolute Gasteiger partial charge is 0.255 e. The van der Waals surface area contributed by atoms with Crippen molar-refractivity contribution >= 4 is 5.91 Å². The van der Waals surface area contributed by atoms with E-state index in [0.29, 0.717) is 17.1 Å². The Kier molecular flexibility index (Phi) is 4.61. The number of hydrogen-bond acceptors (Lipinski definition) is 4. The summed E-state index contributed by atoms with van der Waals surface area (Å²) in [6, 6.07) is -0.270. The lowest BCUT2D eigenvalue weighted by Crippen LogP contribution is -2.36. The Morgan fingerprint density at radius 3 is 2.56 bits per heavy atom. The highest BCUT2D eigenvalue weighted by Gasteiger charge is 2.17. The molecule has 0 radical (unpaired) electrons. The van der Waals surface area contributed by atoms with Crippen LogP contribution in [-0.2, 0) is 4.79 Å². The third kappa shape index (κ3) is 3.66. The molecular formula is C12H20N4O2. The van der Waals surface area contributed by atoms with Crippen molar-refractivity contribution in [1.82, 2.24) is 15.3 Å². The molecule has 1 aromatic heterocycles. The van der Waals surface area contributed by atoms with E-state index in [1.54, 1.807) is 13.8 Å². The van der Waals surface area contributed by atoms with Crippen LogP contribution in [-0.4, -0.2) is 21.9 Å². The Morgan fingerprint density at radius 1 is 1.44 bits per heavy atom. The molecule has 2 atom stereocenters. The van der Waals surface area contributed by atoms with E-state index in [1.807, 2.05) is 13.8 Å². The number of hydrogen-bond donors (Lipinski definition) is 3. The van der Waals surface area contributed by atoms with E-state index in [0.717, 1.165) is 0 Å². The van der Waals surface area contributed by atoms with Gasteiger partial charge >= 0.3 is 0 Å². The van der Waals surface area contributed by atoms with Crippen molar-refractivity contribution in [2.45, 2.75) is 46.2 Å². The monoisotopic (exact) mass is 252 g/mol. The number of carbonyl (C=O) groups excluding carboxylic acids is 1. The van der Waals surface area contributed by atoms with Gasteiger partial charge in [0.05, 0.1) is 5.56 Å². The first-order valence-electron chi connectivity index (χ1n) is 5.93. The highest BCUT2D eigenvalue weighted by atomic mass is 16.1. The fourth-order valence-electron chi connectivity index (χ4n) is 2.12. The Bertz CT molecular complexity index is 495. The van der Waals surface area contributed by atoms with E-state index in [1.165, 1.54) is 0 Å². The van der Waals surface area contributed by atoms with Crippen molar-refractivity contribution in [2.24, 2.45) is 5.73 Å². The van der Waals surface area contributed by atoms with E-state index < -0.39 is 0 Å². The number of rotatable bonds is 5. The predicted octanol–water partition coefficient (Wildman–Crippen LogP) is 0.301. The van der Waals surface area contributed by atoms with E-state index in [2.05, 4.69) is 15.3 Å². The summed E-state index contributed by atoms with van der Waals surface area (Å²) < 4.78 is 0. The number of nitrogens with zero attached hydrogens (tertiary/aromatic N) is 1. The van der Waals surface area contributed by atoms with Crippen molar-refractivity contribution in [3.63, 3.8) is 0 Å². The second kappa shape index (κ2) is 5.77. The molecule has 0 spiro atoms. The second-order valence-electron chi connectivity index (χ2n) is 4.61. The van der Waals surface area contributed by atoms with E-state index in [-0.39, 0.29) is 30.0 Å². The van der Waals surface area contributed by atoms with Crippen LogP contribution in [0.5, 0.6) is 0 Å². The lowest BCUT2D eigenvalue weighted by molar-refractivity contribution is -0.118. The maximum Gasteiger partial charge on any atom is 0.255 e. The summed E-state index contributed by atoms with van der Waals surface area (Å²) in [6.45, 7) is 7.26. The van der Waals surface area contributed by atoms with Gasteiger partial charge in [-0.15, -0.1) is 0 Å². The van der Waals surface area contributed by atoms with Crippen LogP contribution >= 0.6 is 0 Å². The van der Waals surface area contributed by atoms with Gasteiger partial charge < -0.3 is 16.0 Å². The summed E-state index contributed by atoms with van der Waals surface area (Å²) in [4.78, 5) is 29.6. The standard InChI is InChI=1S/C12H20N4O2/c1-6(5-10(13)17)14-7(2)11-8(3)15-9(4)16-12(11)18/h6-7,14H,5H2,1-4H3,(H2,13,17)(H,15,16,18). The quantitative estimate of drug-likeness (QED) is 0.701. The maximum absolute atomic E-state index is 11.9. The molecule has 1 rings (SSSR count). The molecule has 4 N–H and O–H groups in total. The van der Waals surface area contributed by atoms with Crippen LogP contribution in [0.4, 0.5) is 0 Å². The van der Waals surface area contributed by atoms with Crippen molar-refractivity contribution < 1.29 is 4.79 Å². The van der Waals surface area contributed by atoms with Gasteiger partial charge in [-0.25, -0.2) is 4.98 Å². The molecule has 6 nitrogen and oxygen atoms in total. The number of H-pyrrole nitrogens is 1. The minimum Gasteiger partial charge on any atom is -0.370 e. The number of aryl methyl sites for hydroxylation is 2. The average molecular weight is 252 g/mol. The number of aromatic amines is 1. The van der Waals surface area contributed by atoms with Crippen molar-refractivity contribution in [1.29, 1.82) is 0 Å². The molecule has 0 aliphatic heterocycles. The first kappa shape index (κ1) is 14.4. The highest BCUT2D eigenvalue weighted by Crippen LogP contribution is 2.12. The van der Waals surface area contributed by atoms with Gasteiger partial charge in [0, 0.05) is 24.2 Å². The van der Waals surface area contributed by atoms with Crippen molar-refractivity contribution in [2.75, 3.05) is 0 Å². The molecule has 0 aliphatic rings. The zero-order valence-electron chi connectivity index (χ0n) is 11.2. The molecule has 100 valence electrons. The van der Waals surface area contributed by atoms with Crippen LogP contribution < -0.4 is 16.6 Å². The van der Waals surface area contributed by atoms with Gasteiger partial charge in [0.1, 0.15) is 5.82 Å².